The van der Waals surface area contributed by atoms with E-state index in [1.54, 1.807) is 0 Å². The Balaban J connectivity index is 2.25. The molecule has 0 aliphatic rings. The van der Waals surface area contributed by atoms with Gasteiger partial charge in [0.2, 0.25) is 0 Å². The minimum Gasteiger partial charge on any atom is -0.377 e. The van der Waals surface area contributed by atoms with Crippen molar-refractivity contribution in [3.63, 3.8) is 0 Å². The van der Waals surface area contributed by atoms with E-state index < -0.39 is 0 Å². The third-order valence-electron chi connectivity index (χ3n) is 3.04. The molecule has 0 saturated heterocycles. The normalized spacial score (nSPS) is 12.3. The average Bonchev–Trinajstić information content (AvgIpc) is 2.32. The zero-order valence-corrected chi connectivity index (χ0v) is 13.6. The first kappa shape index (κ1) is 14.4. The lowest BCUT2D eigenvalue weighted by Crippen LogP contribution is -2.07. The SMILES string of the molecule is Cc1cc(C)cc(C(C)Nc2cc(Br)ccc2Cl)c1. The molecule has 0 aliphatic heterocycles. The van der Waals surface area contributed by atoms with Gasteiger partial charge in [-0.1, -0.05) is 56.9 Å². The third kappa shape index (κ3) is 3.74. The number of aryl methyl sites for hydroxylation is 2. The Morgan fingerprint density at radius 1 is 1.05 bits per heavy atom. The van der Waals surface area contributed by atoms with Crippen LogP contribution in [0.25, 0.3) is 0 Å². The van der Waals surface area contributed by atoms with Crippen LogP contribution in [0, 0.1) is 13.8 Å². The lowest BCUT2D eigenvalue weighted by molar-refractivity contribution is 0.880. The van der Waals surface area contributed by atoms with Crippen LogP contribution < -0.4 is 5.32 Å². The van der Waals surface area contributed by atoms with Crippen LogP contribution in [0.15, 0.2) is 40.9 Å². The maximum Gasteiger partial charge on any atom is 0.0638 e. The summed E-state index contributed by atoms with van der Waals surface area (Å²) in [6, 6.07) is 12.6. The molecule has 0 saturated carbocycles. The molecule has 2 aromatic carbocycles. The van der Waals surface area contributed by atoms with Crippen LogP contribution >= 0.6 is 27.5 Å². The van der Waals surface area contributed by atoms with Gasteiger partial charge >= 0.3 is 0 Å². The van der Waals surface area contributed by atoms with Crippen molar-refractivity contribution in [1.82, 2.24) is 0 Å². The van der Waals surface area contributed by atoms with Gasteiger partial charge in [0.05, 0.1) is 10.7 Å². The van der Waals surface area contributed by atoms with Crippen LogP contribution in [-0.4, -0.2) is 0 Å². The minimum atomic E-state index is 0.213. The maximum absolute atomic E-state index is 6.21. The van der Waals surface area contributed by atoms with Gasteiger partial charge in [-0.15, -0.1) is 0 Å². The molecule has 0 fully saturated rings. The first-order valence-electron chi connectivity index (χ1n) is 6.25. The molecular weight excluding hydrogens is 322 g/mol. The molecule has 100 valence electrons. The Labute approximate surface area is 128 Å². The smallest absolute Gasteiger partial charge is 0.0638 e. The number of halogens is 2. The van der Waals surface area contributed by atoms with Gasteiger partial charge in [0, 0.05) is 10.5 Å². The van der Waals surface area contributed by atoms with Gasteiger partial charge in [-0.25, -0.2) is 0 Å². The fourth-order valence-electron chi connectivity index (χ4n) is 2.18. The number of rotatable bonds is 3. The Hall–Kier alpha value is -0.990. The number of anilines is 1. The molecule has 1 unspecified atom stereocenters. The molecule has 3 heteroatoms. The molecule has 1 nitrogen and oxygen atoms in total. The quantitative estimate of drug-likeness (QED) is 0.735. The van der Waals surface area contributed by atoms with Crippen molar-refractivity contribution in [2.45, 2.75) is 26.8 Å². The molecule has 0 amide bonds. The second-order valence-corrected chi connectivity index (χ2v) is 6.23. The predicted molar refractivity (Wildman–Crippen MR) is 87.1 cm³/mol. The number of hydrogen-bond acceptors (Lipinski definition) is 1. The van der Waals surface area contributed by atoms with Gasteiger partial charge in [0.1, 0.15) is 0 Å². The largest absolute Gasteiger partial charge is 0.377 e. The molecule has 1 atom stereocenters. The molecule has 1 N–H and O–H groups in total. The Bertz CT molecular complexity index is 575. The van der Waals surface area contributed by atoms with E-state index in [2.05, 4.69) is 60.2 Å². The fraction of sp³-hybridized carbons (Fsp3) is 0.250. The van der Waals surface area contributed by atoms with Crippen molar-refractivity contribution in [3.8, 4) is 0 Å². The maximum atomic E-state index is 6.21. The van der Waals surface area contributed by atoms with Crippen molar-refractivity contribution < 1.29 is 0 Å². The summed E-state index contributed by atoms with van der Waals surface area (Å²) < 4.78 is 1.02. The Morgan fingerprint density at radius 3 is 2.32 bits per heavy atom. The van der Waals surface area contributed by atoms with E-state index in [9.17, 15) is 0 Å². The zero-order chi connectivity index (χ0) is 14.0. The third-order valence-corrected chi connectivity index (χ3v) is 3.87. The highest BCUT2D eigenvalue weighted by Crippen LogP contribution is 2.29. The molecule has 2 aromatic rings. The van der Waals surface area contributed by atoms with Gasteiger partial charge in [0.15, 0.2) is 0 Å². The molecule has 2 rings (SSSR count). The van der Waals surface area contributed by atoms with E-state index in [0.717, 1.165) is 15.2 Å². The summed E-state index contributed by atoms with van der Waals surface area (Å²) in [6.45, 7) is 6.38. The van der Waals surface area contributed by atoms with Crippen LogP contribution in [0.5, 0.6) is 0 Å². The standard InChI is InChI=1S/C16H17BrClN/c1-10-6-11(2)8-13(7-10)12(3)19-16-9-14(17)4-5-15(16)18/h4-9,12,19H,1-3H3. The van der Waals surface area contributed by atoms with Crippen molar-refractivity contribution in [3.05, 3.63) is 62.6 Å². The molecular formula is C16H17BrClN. The topological polar surface area (TPSA) is 12.0 Å². The lowest BCUT2D eigenvalue weighted by atomic mass is 10.0. The van der Waals surface area contributed by atoms with Gasteiger partial charge in [-0.2, -0.15) is 0 Å². The highest BCUT2D eigenvalue weighted by molar-refractivity contribution is 9.10. The van der Waals surface area contributed by atoms with E-state index in [1.165, 1.54) is 16.7 Å². The first-order valence-corrected chi connectivity index (χ1v) is 7.42. The van der Waals surface area contributed by atoms with E-state index in [-0.39, 0.29) is 6.04 Å². The van der Waals surface area contributed by atoms with E-state index in [4.69, 9.17) is 11.6 Å². The molecule has 0 spiro atoms. The highest BCUT2D eigenvalue weighted by Gasteiger charge is 2.09. The second kappa shape index (κ2) is 5.98. The Morgan fingerprint density at radius 2 is 1.68 bits per heavy atom. The van der Waals surface area contributed by atoms with Gasteiger partial charge in [0.25, 0.3) is 0 Å². The molecule has 0 heterocycles. The van der Waals surface area contributed by atoms with Crippen molar-refractivity contribution in [2.24, 2.45) is 0 Å². The Kier molecular flexibility index (Phi) is 4.54. The van der Waals surface area contributed by atoms with Gasteiger partial charge in [-0.3, -0.25) is 0 Å². The lowest BCUT2D eigenvalue weighted by Gasteiger charge is -2.18. The van der Waals surface area contributed by atoms with Crippen LogP contribution in [0.1, 0.15) is 29.7 Å². The summed E-state index contributed by atoms with van der Waals surface area (Å²) in [4.78, 5) is 0. The number of nitrogens with one attached hydrogen (secondary N) is 1. The first-order chi connectivity index (χ1) is 8.95. The van der Waals surface area contributed by atoms with Gasteiger partial charge in [-0.05, 0) is 44.5 Å². The van der Waals surface area contributed by atoms with Crippen LogP contribution in [0.4, 0.5) is 5.69 Å². The van der Waals surface area contributed by atoms with Crippen molar-refractivity contribution in [2.75, 3.05) is 5.32 Å². The predicted octanol–water partition coefficient (Wildman–Crippen LogP) is 5.89. The van der Waals surface area contributed by atoms with E-state index in [0.29, 0.717) is 0 Å². The minimum absolute atomic E-state index is 0.213. The summed E-state index contributed by atoms with van der Waals surface area (Å²) in [7, 11) is 0. The van der Waals surface area contributed by atoms with Crippen LogP contribution in [0.2, 0.25) is 5.02 Å². The van der Waals surface area contributed by atoms with Gasteiger partial charge < -0.3 is 5.32 Å². The number of benzene rings is 2. The molecule has 0 bridgehead atoms. The monoisotopic (exact) mass is 337 g/mol. The van der Waals surface area contributed by atoms with Crippen molar-refractivity contribution in [1.29, 1.82) is 0 Å². The zero-order valence-electron chi connectivity index (χ0n) is 11.3. The summed E-state index contributed by atoms with van der Waals surface area (Å²) in [6.07, 6.45) is 0. The average molecular weight is 339 g/mol. The summed E-state index contributed by atoms with van der Waals surface area (Å²) in [5, 5.41) is 4.20. The highest BCUT2D eigenvalue weighted by atomic mass is 79.9. The van der Waals surface area contributed by atoms with E-state index in [1.807, 2.05) is 18.2 Å². The number of hydrogen-bond donors (Lipinski definition) is 1. The van der Waals surface area contributed by atoms with Crippen LogP contribution in [0.3, 0.4) is 0 Å². The summed E-state index contributed by atoms with van der Waals surface area (Å²) >= 11 is 9.67. The molecule has 0 radical (unpaired) electrons. The molecule has 0 aromatic heterocycles. The van der Waals surface area contributed by atoms with E-state index >= 15 is 0 Å². The van der Waals surface area contributed by atoms with Crippen LogP contribution in [-0.2, 0) is 0 Å². The second-order valence-electron chi connectivity index (χ2n) is 4.91. The molecule has 0 aliphatic carbocycles. The summed E-state index contributed by atoms with van der Waals surface area (Å²) in [5.41, 5.74) is 4.78. The fourth-order valence-corrected chi connectivity index (χ4v) is 2.72. The molecule has 19 heavy (non-hydrogen) atoms. The van der Waals surface area contributed by atoms with Crippen molar-refractivity contribution >= 4 is 33.2 Å². The summed E-state index contributed by atoms with van der Waals surface area (Å²) in [5.74, 6) is 0.